The number of hydrazone groups is 1. The molecule has 0 saturated carbocycles. The Hall–Kier alpha value is -3.73. The third-order valence-corrected chi connectivity index (χ3v) is 4.51. The van der Waals surface area contributed by atoms with Crippen molar-refractivity contribution in [3.63, 3.8) is 0 Å². The molecule has 2 aromatic carbocycles. The number of hydrogen-bond donors (Lipinski definition) is 2. The zero-order valence-corrected chi connectivity index (χ0v) is 16.4. The Morgan fingerprint density at radius 1 is 1.00 bits per heavy atom. The maximum absolute atomic E-state index is 15.4. The quantitative estimate of drug-likeness (QED) is 0.176. The normalized spacial score (nSPS) is 12.7. The first-order valence-corrected chi connectivity index (χ1v) is 9.18. The van der Waals surface area contributed by atoms with E-state index in [4.69, 9.17) is 16.4 Å². The largest absolute Gasteiger partial charge is 0.456 e. The van der Waals surface area contributed by atoms with Gasteiger partial charge in [-0.25, -0.2) is 19.0 Å². The fraction of sp³-hybridized carbons (Fsp3) is 0.143. The lowest BCUT2D eigenvalue weighted by Gasteiger charge is -2.29. The van der Waals surface area contributed by atoms with E-state index < -0.39 is 47.1 Å². The summed E-state index contributed by atoms with van der Waals surface area (Å²) in [6, 6.07) is 9.61. The van der Waals surface area contributed by atoms with Crippen LogP contribution in [0.2, 0.25) is 0 Å². The van der Waals surface area contributed by atoms with E-state index in [1.807, 2.05) is 0 Å². The number of benzene rings is 2. The summed E-state index contributed by atoms with van der Waals surface area (Å²) in [6.07, 6.45) is 1.93. The highest BCUT2D eigenvalue weighted by Gasteiger charge is 2.45. The van der Waals surface area contributed by atoms with Crippen molar-refractivity contribution < 1.29 is 26.7 Å². The molecular weight excluding hydrogens is 433 g/mol. The van der Waals surface area contributed by atoms with Gasteiger partial charge in [0.2, 0.25) is 0 Å². The van der Waals surface area contributed by atoms with Crippen molar-refractivity contribution in [2.75, 3.05) is 6.54 Å². The van der Waals surface area contributed by atoms with Gasteiger partial charge in [0.05, 0.1) is 12.1 Å². The van der Waals surface area contributed by atoms with E-state index >= 15 is 8.78 Å². The Balaban J connectivity index is 1.91. The maximum atomic E-state index is 15.4. The number of alkyl halides is 2. The highest BCUT2D eigenvalue weighted by Crippen LogP contribution is 2.43. The summed E-state index contributed by atoms with van der Waals surface area (Å²) in [7, 11) is 0. The molecule has 1 unspecified atom stereocenters. The zero-order valence-electron chi connectivity index (χ0n) is 16.4. The molecule has 0 saturated heterocycles. The van der Waals surface area contributed by atoms with Gasteiger partial charge in [0, 0.05) is 12.6 Å². The van der Waals surface area contributed by atoms with E-state index in [1.165, 1.54) is 30.3 Å². The molecule has 1 heterocycles. The number of ether oxygens (including phenoxy) is 1. The zero-order chi connectivity index (χ0) is 23.3. The average molecular weight is 451 g/mol. The molecule has 168 valence electrons. The molecule has 0 aliphatic carbocycles. The second-order valence-corrected chi connectivity index (χ2v) is 6.74. The minimum atomic E-state index is -3.73. The maximum Gasteiger partial charge on any atom is 0.298 e. The van der Waals surface area contributed by atoms with Crippen LogP contribution in [0.15, 0.2) is 65.9 Å². The molecule has 6 nitrogen and oxygen atoms in total. The number of rotatable bonds is 8. The van der Waals surface area contributed by atoms with Crippen molar-refractivity contribution in [2.24, 2.45) is 16.8 Å². The number of aromatic nitrogens is 1. The van der Waals surface area contributed by atoms with E-state index in [-0.39, 0.29) is 11.5 Å². The SMILES string of the molecule is N/N=C\N(N)CC(c1ccc(F)cc1F)C(F)(F)c1ccc(Oc2ccc(F)cc2)cn1. The van der Waals surface area contributed by atoms with Gasteiger partial charge < -0.3 is 10.6 Å². The minimum Gasteiger partial charge on any atom is -0.456 e. The van der Waals surface area contributed by atoms with Crippen LogP contribution in [-0.4, -0.2) is 22.9 Å². The van der Waals surface area contributed by atoms with Crippen molar-refractivity contribution in [2.45, 2.75) is 11.8 Å². The van der Waals surface area contributed by atoms with E-state index in [9.17, 15) is 13.2 Å². The smallest absolute Gasteiger partial charge is 0.298 e. The molecule has 0 radical (unpaired) electrons. The highest BCUT2D eigenvalue weighted by molar-refractivity contribution is 5.53. The Labute approximate surface area is 179 Å². The predicted molar refractivity (Wildman–Crippen MR) is 107 cm³/mol. The number of hydrogen-bond acceptors (Lipinski definition) is 5. The minimum absolute atomic E-state index is 0.122. The average Bonchev–Trinajstić information content (AvgIpc) is 2.75. The summed E-state index contributed by atoms with van der Waals surface area (Å²) in [6.45, 7) is -0.605. The monoisotopic (exact) mass is 451 g/mol. The first-order valence-electron chi connectivity index (χ1n) is 9.18. The molecule has 4 N–H and O–H groups in total. The van der Waals surface area contributed by atoms with Gasteiger partial charge in [-0.1, -0.05) is 6.07 Å². The van der Waals surface area contributed by atoms with Gasteiger partial charge in [-0.15, -0.1) is 0 Å². The summed E-state index contributed by atoms with van der Waals surface area (Å²) in [5, 5.41) is 3.91. The van der Waals surface area contributed by atoms with Crippen LogP contribution < -0.4 is 16.4 Å². The van der Waals surface area contributed by atoms with Gasteiger partial charge in [-0.3, -0.25) is 9.99 Å². The molecule has 0 spiro atoms. The third-order valence-electron chi connectivity index (χ3n) is 4.51. The van der Waals surface area contributed by atoms with Crippen LogP contribution in [0.5, 0.6) is 11.5 Å². The number of nitrogens with two attached hydrogens (primary N) is 2. The summed E-state index contributed by atoms with van der Waals surface area (Å²) in [4.78, 5) is 3.75. The molecule has 0 bridgehead atoms. The standard InChI is InChI=1S/C21H18F5N5O/c22-13-1-4-15(5-2-13)32-16-6-8-20(29-10-16)21(25,26)18(11-31(28)12-30-27)17-7-3-14(23)9-19(17)24/h1-10,12,18H,11,27-28H2/b30-12-. The summed E-state index contributed by atoms with van der Waals surface area (Å²) >= 11 is 0. The topological polar surface area (TPSA) is 89.8 Å². The number of halogens is 5. The van der Waals surface area contributed by atoms with Crippen molar-refractivity contribution in [1.82, 2.24) is 9.99 Å². The first kappa shape index (κ1) is 22.9. The molecule has 3 aromatic rings. The Morgan fingerprint density at radius 2 is 1.66 bits per heavy atom. The second-order valence-electron chi connectivity index (χ2n) is 6.74. The second kappa shape index (κ2) is 9.60. The molecule has 11 heteroatoms. The molecule has 1 atom stereocenters. The molecular formula is C21H18F5N5O. The van der Waals surface area contributed by atoms with E-state index in [0.29, 0.717) is 6.07 Å². The van der Waals surface area contributed by atoms with Crippen LogP contribution >= 0.6 is 0 Å². The Kier molecular flexibility index (Phi) is 6.89. The van der Waals surface area contributed by atoms with E-state index in [0.717, 1.165) is 35.7 Å². The van der Waals surface area contributed by atoms with Crippen LogP contribution in [-0.2, 0) is 5.92 Å². The van der Waals surface area contributed by atoms with Gasteiger partial charge in [0.1, 0.15) is 41.0 Å². The predicted octanol–water partition coefficient (Wildman–Crippen LogP) is 4.24. The highest BCUT2D eigenvalue weighted by atomic mass is 19.3. The fourth-order valence-electron chi connectivity index (χ4n) is 2.99. The summed E-state index contributed by atoms with van der Waals surface area (Å²) in [5.74, 6) is 2.87. The lowest BCUT2D eigenvalue weighted by molar-refractivity contribution is -0.0443. The van der Waals surface area contributed by atoms with E-state index in [1.54, 1.807) is 0 Å². The molecule has 1 aromatic heterocycles. The van der Waals surface area contributed by atoms with Crippen LogP contribution in [0.4, 0.5) is 22.0 Å². The molecule has 0 fully saturated rings. The molecule has 0 aliphatic heterocycles. The molecule has 0 aliphatic rings. The van der Waals surface area contributed by atoms with Crippen molar-refractivity contribution in [3.8, 4) is 11.5 Å². The Bertz CT molecular complexity index is 1080. The van der Waals surface area contributed by atoms with Gasteiger partial charge in [0.15, 0.2) is 0 Å². The number of pyridine rings is 1. The van der Waals surface area contributed by atoms with Crippen LogP contribution in [0.3, 0.4) is 0 Å². The Morgan fingerprint density at radius 3 is 2.25 bits per heavy atom. The van der Waals surface area contributed by atoms with Crippen LogP contribution in [0.25, 0.3) is 0 Å². The number of hydrazine groups is 1. The van der Waals surface area contributed by atoms with Crippen LogP contribution in [0, 0.1) is 17.5 Å². The van der Waals surface area contributed by atoms with Crippen molar-refractivity contribution in [1.29, 1.82) is 0 Å². The third kappa shape index (κ3) is 5.30. The molecule has 3 rings (SSSR count). The van der Waals surface area contributed by atoms with Gasteiger partial charge in [-0.2, -0.15) is 13.9 Å². The van der Waals surface area contributed by atoms with E-state index in [2.05, 4.69) is 10.1 Å². The lowest BCUT2D eigenvalue weighted by Crippen LogP contribution is -2.40. The number of nitrogens with zero attached hydrogens (tertiary/aromatic N) is 3. The van der Waals surface area contributed by atoms with Gasteiger partial charge in [-0.05, 0) is 48.0 Å². The summed E-state index contributed by atoms with van der Waals surface area (Å²) in [5.41, 5.74) is -1.17. The molecule has 32 heavy (non-hydrogen) atoms. The molecule has 0 amide bonds. The van der Waals surface area contributed by atoms with Crippen molar-refractivity contribution >= 4 is 6.34 Å². The lowest BCUT2D eigenvalue weighted by atomic mass is 9.89. The summed E-state index contributed by atoms with van der Waals surface area (Å²) < 4.78 is 77.0. The fourth-order valence-corrected chi connectivity index (χ4v) is 2.99. The van der Waals surface area contributed by atoms with Crippen LogP contribution in [0.1, 0.15) is 17.2 Å². The van der Waals surface area contributed by atoms with Gasteiger partial charge >= 0.3 is 0 Å². The first-order chi connectivity index (χ1) is 15.2. The van der Waals surface area contributed by atoms with Gasteiger partial charge in [0.25, 0.3) is 5.92 Å². The van der Waals surface area contributed by atoms with Crippen molar-refractivity contribution in [3.05, 3.63) is 89.5 Å².